The number of nitrogens with zero attached hydrogens (tertiary/aromatic N) is 1. The zero-order chi connectivity index (χ0) is 12.4. The Balaban J connectivity index is 1.77. The monoisotopic (exact) mass is 242 g/mol. The first-order valence-electron chi connectivity index (χ1n) is 7.12. The fraction of sp³-hybridized carbons (Fsp3) is 0.500. The van der Waals surface area contributed by atoms with Crippen molar-refractivity contribution in [1.29, 1.82) is 0 Å². The van der Waals surface area contributed by atoms with Gasteiger partial charge in [0.25, 0.3) is 0 Å². The predicted molar refractivity (Wildman–Crippen MR) is 76.8 cm³/mol. The number of rotatable bonds is 2. The summed E-state index contributed by atoms with van der Waals surface area (Å²) in [6.07, 6.45) is 5.53. The minimum Gasteiger partial charge on any atom is -0.357 e. The van der Waals surface area contributed by atoms with Gasteiger partial charge in [0.1, 0.15) is 0 Å². The van der Waals surface area contributed by atoms with Gasteiger partial charge >= 0.3 is 0 Å². The second kappa shape index (κ2) is 5.15. The van der Waals surface area contributed by atoms with Crippen LogP contribution in [0.2, 0.25) is 0 Å². The first-order valence-corrected chi connectivity index (χ1v) is 7.12. The van der Waals surface area contributed by atoms with Crippen molar-refractivity contribution in [2.24, 2.45) is 0 Å². The van der Waals surface area contributed by atoms with Crippen LogP contribution in [-0.4, -0.2) is 23.0 Å². The first-order chi connectivity index (χ1) is 8.81. The third-order valence-corrected chi connectivity index (χ3v) is 3.92. The molecule has 0 amide bonds. The van der Waals surface area contributed by atoms with Gasteiger partial charge in [-0.05, 0) is 56.4 Å². The van der Waals surface area contributed by atoms with Crippen LogP contribution in [0.15, 0.2) is 24.3 Å². The molecule has 0 saturated carbocycles. The van der Waals surface area contributed by atoms with Gasteiger partial charge in [0.2, 0.25) is 0 Å². The molecule has 2 aromatic rings. The molecule has 18 heavy (non-hydrogen) atoms. The van der Waals surface area contributed by atoms with E-state index in [0.29, 0.717) is 0 Å². The lowest BCUT2D eigenvalue weighted by Crippen LogP contribution is -2.24. The van der Waals surface area contributed by atoms with Crippen molar-refractivity contribution in [3.63, 3.8) is 0 Å². The molecule has 1 aromatic heterocycles. The van der Waals surface area contributed by atoms with Crippen LogP contribution >= 0.6 is 0 Å². The minimum absolute atomic E-state index is 1.08. The number of hydrogen-bond donors (Lipinski definition) is 1. The molecule has 0 aliphatic carbocycles. The van der Waals surface area contributed by atoms with Gasteiger partial charge in [-0.2, -0.15) is 0 Å². The van der Waals surface area contributed by atoms with Crippen molar-refractivity contribution in [3.05, 3.63) is 35.5 Å². The summed E-state index contributed by atoms with van der Waals surface area (Å²) in [7, 11) is 0. The molecule has 0 atom stereocenters. The van der Waals surface area contributed by atoms with E-state index in [-0.39, 0.29) is 0 Å². The maximum atomic E-state index is 3.55. The smallest absolute Gasteiger partial charge is 0.0456 e. The summed E-state index contributed by atoms with van der Waals surface area (Å²) in [5, 5.41) is 1.35. The van der Waals surface area contributed by atoms with E-state index in [1.807, 2.05) is 0 Å². The molecule has 2 heterocycles. The highest BCUT2D eigenvalue weighted by Crippen LogP contribution is 2.19. The maximum absolute atomic E-state index is 3.55. The lowest BCUT2D eigenvalue weighted by molar-refractivity contribution is 0.274. The number of fused-ring (bicyclic) bond motifs is 1. The van der Waals surface area contributed by atoms with Gasteiger partial charge in [0.15, 0.2) is 0 Å². The van der Waals surface area contributed by atoms with Crippen molar-refractivity contribution < 1.29 is 0 Å². The van der Waals surface area contributed by atoms with Crippen LogP contribution < -0.4 is 0 Å². The predicted octanol–water partition coefficient (Wildman–Crippen LogP) is 3.85. The molecule has 1 aliphatic rings. The molecule has 2 heteroatoms. The minimum atomic E-state index is 1.08. The largest absolute Gasteiger partial charge is 0.357 e. The van der Waals surface area contributed by atoms with Crippen molar-refractivity contribution in [2.45, 2.75) is 39.2 Å². The Hall–Kier alpha value is -1.28. The van der Waals surface area contributed by atoms with E-state index in [9.17, 15) is 0 Å². The van der Waals surface area contributed by atoms with E-state index in [4.69, 9.17) is 0 Å². The van der Waals surface area contributed by atoms with Crippen molar-refractivity contribution in [2.75, 3.05) is 13.1 Å². The number of aryl methyl sites for hydroxylation is 1. The Kier molecular flexibility index (Phi) is 3.37. The van der Waals surface area contributed by atoms with Crippen molar-refractivity contribution in [1.82, 2.24) is 9.88 Å². The number of H-pyrrole nitrogens is 1. The molecule has 1 N–H and O–H groups in total. The Morgan fingerprint density at radius 3 is 2.61 bits per heavy atom. The van der Waals surface area contributed by atoms with Crippen LogP contribution in [0.4, 0.5) is 0 Å². The Morgan fingerprint density at radius 1 is 1.06 bits per heavy atom. The fourth-order valence-corrected chi connectivity index (χ4v) is 2.93. The summed E-state index contributed by atoms with van der Waals surface area (Å²) in [6.45, 7) is 5.75. The fourth-order valence-electron chi connectivity index (χ4n) is 2.93. The van der Waals surface area contributed by atoms with Gasteiger partial charge < -0.3 is 4.98 Å². The van der Waals surface area contributed by atoms with Crippen molar-refractivity contribution in [3.8, 4) is 0 Å². The van der Waals surface area contributed by atoms with Crippen LogP contribution in [0.1, 0.15) is 36.9 Å². The molecule has 1 saturated heterocycles. The van der Waals surface area contributed by atoms with E-state index < -0.39 is 0 Å². The Morgan fingerprint density at radius 2 is 1.83 bits per heavy atom. The van der Waals surface area contributed by atoms with E-state index in [2.05, 4.69) is 41.1 Å². The lowest BCUT2D eigenvalue weighted by Gasteiger charge is -2.18. The average molecular weight is 242 g/mol. The number of nitrogens with one attached hydrogen (secondary N) is 1. The highest BCUT2D eigenvalue weighted by atomic mass is 15.1. The number of aromatic amines is 1. The average Bonchev–Trinajstić information content (AvgIpc) is 2.57. The van der Waals surface area contributed by atoms with Crippen LogP contribution in [-0.2, 0) is 6.54 Å². The highest BCUT2D eigenvalue weighted by Gasteiger charge is 2.10. The van der Waals surface area contributed by atoms with Crippen LogP contribution in [0.3, 0.4) is 0 Å². The second-order valence-corrected chi connectivity index (χ2v) is 5.58. The van der Waals surface area contributed by atoms with Gasteiger partial charge in [0, 0.05) is 17.8 Å². The second-order valence-electron chi connectivity index (χ2n) is 5.58. The zero-order valence-electron chi connectivity index (χ0n) is 11.2. The first kappa shape index (κ1) is 11.8. The molecule has 2 nitrogen and oxygen atoms in total. The van der Waals surface area contributed by atoms with Crippen molar-refractivity contribution >= 4 is 10.9 Å². The molecular formula is C16H22N2. The van der Waals surface area contributed by atoms with Gasteiger partial charge in [-0.15, -0.1) is 0 Å². The normalized spacial score (nSPS) is 18.1. The lowest BCUT2D eigenvalue weighted by atomic mass is 10.2. The molecular weight excluding hydrogens is 220 g/mol. The Labute approximate surface area is 109 Å². The van der Waals surface area contributed by atoms with E-state index in [1.54, 1.807) is 0 Å². The van der Waals surface area contributed by atoms with Gasteiger partial charge in [-0.3, -0.25) is 4.90 Å². The number of likely N-dealkylation sites (tertiary alicyclic amines) is 1. The zero-order valence-corrected chi connectivity index (χ0v) is 11.2. The molecule has 0 radical (unpaired) electrons. The highest BCUT2D eigenvalue weighted by molar-refractivity contribution is 5.81. The van der Waals surface area contributed by atoms with Gasteiger partial charge in [0.05, 0.1) is 0 Å². The molecule has 96 valence electrons. The van der Waals surface area contributed by atoms with Crippen LogP contribution in [0, 0.1) is 6.92 Å². The standard InChI is InChI=1S/C16H22N2/c1-13-6-7-16-14(10-13)11-15(17-16)12-18-8-4-2-3-5-9-18/h6-7,10-11,17H,2-5,8-9,12H2,1H3. The molecule has 1 fully saturated rings. The number of benzene rings is 1. The summed E-state index contributed by atoms with van der Waals surface area (Å²) >= 11 is 0. The number of hydrogen-bond acceptors (Lipinski definition) is 1. The van der Waals surface area contributed by atoms with Gasteiger partial charge in [-0.25, -0.2) is 0 Å². The molecule has 0 bridgehead atoms. The Bertz CT molecular complexity index is 519. The third kappa shape index (κ3) is 2.59. The third-order valence-electron chi connectivity index (χ3n) is 3.92. The van der Waals surface area contributed by atoms with Gasteiger partial charge in [-0.1, -0.05) is 24.5 Å². The SMILES string of the molecule is Cc1ccc2[nH]c(CN3CCCCCC3)cc2c1. The molecule has 0 spiro atoms. The summed E-state index contributed by atoms with van der Waals surface area (Å²) in [5.41, 5.74) is 3.96. The summed E-state index contributed by atoms with van der Waals surface area (Å²) in [6, 6.07) is 8.94. The van der Waals surface area contributed by atoms with E-state index in [0.717, 1.165) is 6.54 Å². The summed E-state index contributed by atoms with van der Waals surface area (Å²) < 4.78 is 0. The molecule has 3 rings (SSSR count). The summed E-state index contributed by atoms with van der Waals surface area (Å²) in [4.78, 5) is 6.14. The van der Waals surface area contributed by atoms with E-state index in [1.165, 1.54) is 60.9 Å². The molecule has 0 unspecified atom stereocenters. The summed E-state index contributed by atoms with van der Waals surface area (Å²) in [5.74, 6) is 0. The van der Waals surface area contributed by atoms with Crippen LogP contribution in [0.5, 0.6) is 0 Å². The topological polar surface area (TPSA) is 19.0 Å². The van der Waals surface area contributed by atoms with Crippen LogP contribution in [0.25, 0.3) is 10.9 Å². The number of aromatic nitrogens is 1. The maximum Gasteiger partial charge on any atom is 0.0456 e. The van der Waals surface area contributed by atoms with E-state index >= 15 is 0 Å². The molecule has 1 aromatic carbocycles. The quantitative estimate of drug-likeness (QED) is 0.847. The molecule has 1 aliphatic heterocycles.